The summed E-state index contributed by atoms with van der Waals surface area (Å²) in [7, 11) is -2.13. The molecule has 10 heteroatoms. The number of nitrogens with one attached hydrogen (secondary N) is 1. The third-order valence-corrected chi connectivity index (χ3v) is 3.83. The van der Waals surface area contributed by atoms with E-state index < -0.39 is 22.8 Å². The molecule has 1 aromatic heterocycles. The number of halogens is 3. The van der Waals surface area contributed by atoms with Crippen LogP contribution in [0.5, 0.6) is 0 Å². The molecule has 0 bridgehead atoms. The van der Waals surface area contributed by atoms with Gasteiger partial charge in [-0.15, -0.1) is 0 Å². The maximum absolute atomic E-state index is 11.8. The van der Waals surface area contributed by atoms with E-state index in [0.717, 1.165) is 0 Å². The normalized spacial score (nSPS) is 12.8. The Morgan fingerprint density at radius 1 is 1.45 bits per heavy atom. The van der Waals surface area contributed by atoms with Crippen molar-refractivity contribution in [2.75, 3.05) is 19.8 Å². The molecule has 0 aromatic carbocycles. The lowest BCUT2D eigenvalue weighted by Crippen LogP contribution is -2.28. The highest BCUT2D eigenvalue weighted by Crippen LogP contribution is 2.14. The minimum Gasteiger partial charge on any atom is -0.371 e. The quantitative estimate of drug-likeness (QED) is 0.711. The molecule has 20 heavy (non-hydrogen) atoms. The summed E-state index contributed by atoms with van der Waals surface area (Å²) in [5.41, 5.74) is 6.05. The maximum atomic E-state index is 11.8. The van der Waals surface area contributed by atoms with Crippen LogP contribution >= 0.6 is 0 Å². The molecule has 1 aromatic rings. The van der Waals surface area contributed by atoms with Gasteiger partial charge >= 0.3 is 6.18 Å². The van der Waals surface area contributed by atoms with E-state index in [1.54, 1.807) is 11.6 Å². The third kappa shape index (κ3) is 5.12. The second-order valence-electron chi connectivity index (χ2n) is 4.05. The van der Waals surface area contributed by atoms with Crippen LogP contribution in [-0.4, -0.2) is 38.9 Å². The maximum Gasteiger partial charge on any atom is 0.411 e. The summed E-state index contributed by atoms with van der Waals surface area (Å²) in [6.45, 7) is -1.83. The standard InChI is InChI=1S/C10H16F3N3O3S/c1-16-6-9(4-8(16)5-14)20(17,18)15-2-3-19-7-10(11,12)13/h4,6,15H,2-3,5,7,14H2,1H3. The van der Waals surface area contributed by atoms with Gasteiger partial charge in [0.1, 0.15) is 6.61 Å². The van der Waals surface area contributed by atoms with Crippen molar-refractivity contribution in [3.8, 4) is 0 Å². The summed E-state index contributed by atoms with van der Waals surface area (Å²) in [5.74, 6) is 0. The molecule has 0 saturated carbocycles. The first-order valence-electron chi connectivity index (χ1n) is 5.65. The lowest BCUT2D eigenvalue weighted by atomic mass is 10.4. The Morgan fingerprint density at radius 2 is 2.10 bits per heavy atom. The number of aryl methyl sites for hydroxylation is 1. The van der Waals surface area contributed by atoms with Gasteiger partial charge in [-0.05, 0) is 6.07 Å². The van der Waals surface area contributed by atoms with Gasteiger partial charge in [-0.2, -0.15) is 13.2 Å². The Morgan fingerprint density at radius 3 is 2.60 bits per heavy atom. The summed E-state index contributed by atoms with van der Waals surface area (Å²) >= 11 is 0. The van der Waals surface area contributed by atoms with E-state index in [2.05, 4.69) is 9.46 Å². The van der Waals surface area contributed by atoms with Crippen LogP contribution in [0, 0.1) is 0 Å². The molecule has 3 N–H and O–H groups in total. The predicted octanol–water partition coefficient (Wildman–Crippen LogP) is 0.341. The summed E-state index contributed by atoms with van der Waals surface area (Å²) < 4.78 is 67.0. The first kappa shape index (κ1) is 17.0. The Labute approximate surface area is 114 Å². The van der Waals surface area contributed by atoms with Crippen LogP contribution in [0.1, 0.15) is 5.69 Å². The van der Waals surface area contributed by atoms with Crippen LogP contribution in [0.25, 0.3) is 0 Å². The zero-order valence-electron chi connectivity index (χ0n) is 10.8. The van der Waals surface area contributed by atoms with E-state index in [0.29, 0.717) is 5.69 Å². The number of rotatable bonds is 7. The van der Waals surface area contributed by atoms with Crippen molar-refractivity contribution in [1.82, 2.24) is 9.29 Å². The average molecular weight is 315 g/mol. The molecule has 6 nitrogen and oxygen atoms in total. The van der Waals surface area contributed by atoms with Gasteiger partial charge in [0.2, 0.25) is 10.0 Å². The minimum absolute atomic E-state index is 0.0104. The van der Waals surface area contributed by atoms with Crippen LogP contribution in [0.3, 0.4) is 0 Å². The number of hydrogen-bond donors (Lipinski definition) is 2. The zero-order valence-corrected chi connectivity index (χ0v) is 11.6. The van der Waals surface area contributed by atoms with Crippen molar-refractivity contribution in [2.24, 2.45) is 12.8 Å². The molecule has 0 radical (unpaired) electrons. The van der Waals surface area contributed by atoms with Crippen molar-refractivity contribution in [3.05, 3.63) is 18.0 Å². The number of nitrogens with two attached hydrogens (primary N) is 1. The Bertz CT molecular complexity index is 540. The lowest BCUT2D eigenvalue weighted by molar-refractivity contribution is -0.173. The molecule has 0 fully saturated rings. The molecular weight excluding hydrogens is 299 g/mol. The van der Waals surface area contributed by atoms with Gasteiger partial charge in [0.05, 0.1) is 11.5 Å². The van der Waals surface area contributed by atoms with E-state index in [-0.39, 0.29) is 24.6 Å². The average Bonchev–Trinajstić information content (AvgIpc) is 2.69. The van der Waals surface area contributed by atoms with Crippen molar-refractivity contribution >= 4 is 10.0 Å². The topological polar surface area (TPSA) is 86.3 Å². The molecule has 0 saturated heterocycles. The van der Waals surface area contributed by atoms with Gasteiger partial charge in [-0.1, -0.05) is 0 Å². The molecule has 0 amide bonds. The second-order valence-corrected chi connectivity index (χ2v) is 5.81. The van der Waals surface area contributed by atoms with Gasteiger partial charge in [0.25, 0.3) is 0 Å². The number of ether oxygens (including phenoxy) is 1. The summed E-state index contributed by atoms with van der Waals surface area (Å²) in [5, 5.41) is 0. The number of hydrogen-bond acceptors (Lipinski definition) is 4. The van der Waals surface area contributed by atoms with Crippen molar-refractivity contribution < 1.29 is 26.3 Å². The predicted molar refractivity (Wildman–Crippen MR) is 65.4 cm³/mol. The molecular formula is C10H16F3N3O3S. The van der Waals surface area contributed by atoms with E-state index in [4.69, 9.17) is 5.73 Å². The van der Waals surface area contributed by atoms with Crippen LogP contribution in [0.15, 0.2) is 17.2 Å². The number of sulfonamides is 1. The van der Waals surface area contributed by atoms with Crippen LogP contribution < -0.4 is 10.5 Å². The SMILES string of the molecule is Cn1cc(S(=O)(=O)NCCOCC(F)(F)F)cc1CN. The van der Waals surface area contributed by atoms with Gasteiger partial charge in [-0.25, -0.2) is 13.1 Å². The smallest absolute Gasteiger partial charge is 0.371 e. The largest absolute Gasteiger partial charge is 0.411 e. The number of nitrogens with zero attached hydrogens (tertiary/aromatic N) is 1. The molecule has 0 aliphatic heterocycles. The van der Waals surface area contributed by atoms with Crippen LogP contribution in [-0.2, 0) is 28.4 Å². The molecule has 1 rings (SSSR count). The Hall–Kier alpha value is -1.10. The first-order valence-corrected chi connectivity index (χ1v) is 7.13. The van der Waals surface area contributed by atoms with Gasteiger partial charge in [0.15, 0.2) is 0 Å². The van der Waals surface area contributed by atoms with Crippen LogP contribution in [0.4, 0.5) is 13.2 Å². The molecule has 0 aliphatic carbocycles. The minimum atomic E-state index is -4.42. The van der Waals surface area contributed by atoms with Gasteiger partial charge < -0.3 is 15.0 Å². The van der Waals surface area contributed by atoms with E-state index in [1.807, 2.05) is 0 Å². The molecule has 0 unspecified atom stereocenters. The first-order chi connectivity index (χ1) is 9.15. The fraction of sp³-hybridized carbons (Fsp3) is 0.600. The lowest BCUT2D eigenvalue weighted by Gasteiger charge is -2.08. The Balaban J connectivity index is 2.49. The summed E-state index contributed by atoms with van der Waals surface area (Å²) in [4.78, 5) is 0.0104. The van der Waals surface area contributed by atoms with Crippen molar-refractivity contribution in [2.45, 2.75) is 17.6 Å². The molecule has 0 aliphatic rings. The summed E-state index contributed by atoms with van der Waals surface area (Å²) in [6.07, 6.45) is -3.05. The third-order valence-electron chi connectivity index (χ3n) is 2.41. The van der Waals surface area contributed by atoms with Crippen molar-refractivity contribution in [3.63, 3.8) is 0 Å². The molecule has 1 heterocycles. The molecule has 0 atom stereocenters. The number of aromatic nitrogens is 1. The monoisotopic (exact) mass is 315 g/mol. The Kier molecular flexibility index (Phi) is 5.57. The fourth-order valence-electron chi connectivity index (χ4n) is 1.45. The highest BCUT2D eigenvalue weighted by molar-refractivity contribution is 7.89. The van der Waals surface area contributed by atoms with E-state index in [9.17, 15) is 21.6 Å². The second kappa shape index (κ2) is 6.57. The van der Waals surface area contributed by atoms with Crippen molar-refractivity contribution in [1.29, 1.82) is 0 Å². The zero-order chi connectivity index (χ0) is 15.4. The fourth-order valence-corrected chi connectivity index (χ4v) is 2.55. The number of alkyl halides is 3. The van der Waals surface area contributed by atoms with Gasteiger partial charge in [0, 0.05) is 32.0 Å². The molecule has 0 spiro atoms. The van der Waals surface area contributed by atoms with Crippen LogP contribution in [0.2, 0.25) is 0 Å². The van der Waals surface area contributed by atoms with E-state index in [1.165, 1.54) is 12.3 Å². The highest BCUT2D eigenvalue weighted by atomic mass is 32.2. The van der Waals surface area contributed by atoms with E-state index >= 15 is 0 Å². The van der Waals surface area contributed by atoms with Gasteiger partial charge in [-0.3, -0.25) is 0 Å². The molecule has 116 valence electrons. The summed E-state index contributed by atoms with van der Waals surface area (Å²) in [6, 6.07) is 1.40. The highest BCUT2D eigenvalue weighted by Gasteiger charge is 2.27.